The van der Waals surface area contributed by atoms with Gasteiger partial charge in [-0.2, -0.15) is 0 Å². The third kappa shape index (κ3) is 2.35. The van der Waals surface area contributed by atoms with Gasteiger partial charge in [-0.1, -0.05) is 33.6 Å². The van der Waals surface area contributed by atoms with Crippen LogP contribution in [-0.4, -0.2) is 5.11 Å². The van der Waals surface area contributed by atoms with Gasteiger partial charge in [0.2, 0.25) is 0 Å². The van der Waals surface area contributed by atoms with Crippen molar-refractivity contribution in [2.45, 2.75) is 6.10 Å². The molecular formula is C11H7Br2ClO2. The molecule has 2 nitrogen and oxygen atoms in total. The maximum absolute atomic E-state index is 10.1. The number of benzene rings is 1. The molecule has 2 aromatic rings. The first-order valence-corrected chi connectivity index (χ1v) is 6.42. The van der Waals surface area contributed by atoms with Crippen molar-refractivity contribution < 1.29 is 9.52 Å². The lowest BCUT2D eigenvalue weighted by Gasteiger charge is -2.11. The molecule has 0 saturated heterocycles. The molecule has 0 amide bonds. The molecule has 84 valence electrons. The van der Waals surface area contributed by atoms with E-state index in [9.17, 15) is 5.11 Å². The van der Waals surface area contributed by atoms with E-state index in [-0.39, 0.29) is 0 Å². The van der Waals surface area contributed by atoms with Crippen LogP contribution in [0, 0.1) is 0 Å². The van der Waals surface area contributed by atoms with Gasteiger partial charge in [-0.3, -0.25) is 0 Å². The summed E-state index contributed by atoms with van der Waals surface area (Å²) in [5.41, 5.74) is 0.708. The molecule has 5 heteroatoms. The molecule has 1 aromatic heterocycles. The zero-order valence-corrected chi connectivity index (χ0v) is 11.9. The number of halogens is 3. The van der Waals surface area contributed by atoms with Crippen LogP contribution in [-0.2, 0) is 0 Å². The van der Waals surface area contributed by atoms with Gasteiger partial charge in [-0.25, -0.2) is 0 Å². The lowest BCUT2D eigenvalue weighted by Crippen LogP contribution is -1.99. The first kappa shape index (κ1) is 12.2. The fourth-order valence-corrected chi connectivity index (χ4v) is 2.68. The summed E-state index contributed by atoms with van der Waals surface area (Å²) >= 11 is 12.5. The van der Waals surface area contributed by atoms with Crippen molar-refractivity contribution in [2.75, 3.05) is 0 Å². The van der Waals surface area contributed by atoms with E-state index in [1.54, 1.807) is 24.3 Å². The minimum absolute atomic E-state index is 0.475. The summed E-state index contributed by atoms with van der Waals surface area (Å²) in [5.74, 6) is 0.475. The molecular weight excluding hydrogens is 359 g/mol. The summed E-state index contributed by atoms with van der Waals surface area (Å²) in [6.07, 6.45) is 0.697. The normalized spacial score (nSPS) is 12.8. The van der Waals surface area contributed by atoms with Crippen molar-refractivity contribution in [3.05, 3.63) is 55.8 Å². The Balaban J connectivity index is 2.41. The molecule has 1 aromatic carbocycles. The predicted octanol–water partition coefficient (Wildman–Crippen LogP) is 4.54. The number of rotatable bonds is 2. The highest BCUT2D eigenvalue weighted by atomic mass is 79.9. The Hall–Kier alpha value is -0.290. The molecule has 1 heterocycles. The van der Waals surface area contributed by atoms with Crippen molar-refractivity contribution in [1.29, 1.82) is 0 Å². The third-order valence-corrected chi connectivity index (χ3v) is 3.73. The Kier molecular flexibility index (Phi) is 3.74. The average Bonchev–Trinajstić information content (AvgIpc) is 2.63. The molecule has 0 aliphatic rings. The van der Waals surface area contributed by atoms with Gasteiger partial charge in [-0.15, -0.1) is 0 Å². The van der Waals surface area contributed by atoms with Crippen LogP contribution in [0.3, 0.4) is 0 Å². The first-order valence-electron chi connectivity index (χ1n) is 4.45. The molecule has 0 aliphatic carbocycles. The van der Waals surface area contributed by atoms with E-state index in [0.717, 1.165) is 8.95 Å². The van der Waals surface area contributed by atoms with E-state index in [0.29, 0.717) is 16.3 Å². The van der Waals surface area contributed by atoms with Crippen molar-refractivity contribution in [2.24, 2.45) is 0 Å². The maximum atomic E-state index is 10.1. The van der Waals surface area contributed by atoms with E-state index >= 15 is 0 Å². The number of hydrogen-bond acceptors (Lipinski definition) is 2. The standard InChI is InChI=1S/C11H7Br2ClO2/c12-8-3-4-16-11(8)10(15)7-2-1-6(14)5-9(7)13/h1-5,10,15H. The topological polar surface area (TPSA) is 33.4 Å². The summed E-state index contributed by atoms with van der Waals surface area (Å²) in [6.45, 7) is 0. The molecule has 0 fully saturated rings. The number of furan rings is 1. The van der Waals surface area contributed by atoms with E-state index < -0.39 is 6.10 Å². The highest BCUT2D eigenvalue weighted by Gasteiger charge is 2.19. The zero-order chi connectivity index (χ0) is 11.7. The van der Waals surface area contributed by atoms with Crippen LogP contribution in [0.1, 0.15) is 17.4 Å². The number of aliphatic hydroxyl groups is 1. The summed E-state index contributed by atoms with van der Waals surface area (Å²) in [6, 6.07) is 6.95. The van der Waals surface area contributed by atoms with Crippen LogP contribution in [0.4, 0.5) is 0 Å². The molecule has 0 saturated carbocycles. The minimum atomic E-state index is -0.823. The van der Waals surface area contributed by atoms with Gasteiger partial charge in [0.25, 0.3) is 0 Å². The Morgan fingerprint density at radius 1 is 1.19 bits per heavy atom. The summed E-state index contributed by atoms with van der Waals surface area (Å²) in [5, 5.41) is 10.7. The van der Waals surface area contributed by atoms with Crippen molar-refractivity contribution in [3.63, 3.8) is 0 Å². The van der Waals surface area contributed by atoms with Gasteiger partial charge in [0.05, 0.1) is 10.7 Å². The van der Waals surface area contributed by atoms with Crippen LogP contribution in [0.2, 0.25) is 5.02 Å². The lowest BCUT2D eigenvalue weighted by atomic mass is 10.1. The second-order valence-corrected chi connectivity index (χ2v) is 5.35. The quantitative estimate of drug-likeness (QED) is 0.847. The first-order chi connectivity index (χ1) is 7.59. The molecule has 16 heavy (non-hydrogen) atoms. The van der Waals surface area contributed by atoms with Gasteiger partial charge in [0.1, 0.15) is 6.10 Å². The van der Waals surface area contributed by atoms with Crippen molar-refractivity contribution >= 4 is 43.5 Å². The highest BCUT2D eigenvalue weighted by Crippen LogP contribution is 2.34. The Labute approximate surface area is 114 Å². The molecule has 0 spiro atoms. The molecule has 0 aliphatic heterocycles. The van der Waals surface area contributed by atoms with E-state index in [1.165, 1.54) is 6.26 Å². The minimum Gasteiger partial charge on any atom is -0.465 e. The molecule has 1 N–H and O–H groups in total. The summed E-state index contributed by atoms with van der Waals surface area (Å²) < 4.78 is 6.70. The van der Waals surface area contributed by atoms with Crippen molar-refractivity contribution in [1.82, 2.24) is 0 Å². The molecule has 2 rings (SSSR count). The smallest absolute Gasteiger partial charge is 0.150 e. The van der Waals surface area contributed by atoms with Gasteiger partial charge >= 0.3 is 0 Å². The second kappa shape index (κ2) is 4.92. The van der Waals surface area contributed by atoms with Gasteiger partial charge in [0.15, 0.2) is 5.76 Å². The van der Waals surface area contributed by atoms with Crippen LogP contribution in [0.15, 0.2) is 43.9 Å². The Morgan fingerprint density at radius 3 is 2.50 bits per heavy atom. The van der Waals surface area contributed by atoms with Gasteiger partial charge < -0.3 is 9.52 Å². The largest absolute Gasteiger partial charge is 0.465 e. The lowest BCUT2D eigenvalue weighted by molar-refractivity contribution is 0.187. The van der Waals surface area contributed by atoms with Crippen molar-refractivity contribution in [3.8, 4) is 0 Å². The van der Waals surface area contributed by atoms with E-state index in [2.05, 4.69) is 31.9 Å². The molecule has 0 bridgehead atoms. The fourth-order valence-electron chi connectivity index (χ4n) is 1.37. The van der Waals surface area contributed by atoms with Gasteiger partial charge in [-0.05, 0) is 34.1 Å². The highest BCUT2D eigenvalue weighted by molar-refractivity contribution is 9.10. The Morgan fingerprint density at radius 2 is 1.94 bits per heavy atom. The predicted molar refractivity (Wildman–Crippen MR) is 69.6 cm³/mol. The van der Waals surface area contributed by atoms with E-state index in [1.807, 2.05) is 0 Å². The monoisotopic (exact) mass is 364 g/mol. The molecule has 0 radical (unpaired) electrons. The second-order valence-electron chi connectivity index (χ2n) is 3.20. The summed E-state index contributed by atoms with van der Waals surface area (Å²) in [7, 11) is 0. The van der Waals surface area contributed by atoms with Crippen LogP contribution in [0.5, 0.6) is 0 Å². The van der Waals surface area contributed by atoms with Crippen LogP contribution < -0.4 is 0 Å². The molecule has 1 atom stereocenters. The fraction of sp³-hybridized carbons (Fsp3) is 0.0909. The van der Waals surface area contributed by atoms with Crippen LogP contribution in [0.25, 0.3) is 0 Å². The SMILES string of the molecule is OC(c1ccc(Cl)cc1Br)c1occc1Br. The maximum Gasteiger partial charge on any atom is 0.150 e. The third-order valence-electron chi connectivity index (χ3n) is 2.15. The molecule has 1 unspecified atom stereocenters. The zero-order valence-electron chi connectivity index (χ0n) is 7.95. The number of aliphatic hydroxyl groups excluding tert-OH is 1. The van der Waals surface area contributed by atoms with Crippen LogP contribution >= 0.6 is 43.5 Å². The van der Waals surface area contributed by atoms with Gasteiger partial charge in [0, 0.05) is 15.1 Å². The average molecular weight is 366 g/mol. The number of hydrogen-bond donors (Lipinski definition) is 1. The van der Waals surface area contributed by atoms with E-state index in [4.69, 9.17) is 16.0 Å². The summed E-state index contributed by atoms with van der Waals surface area (Å²) in [4.78, 5) is 0. The Bertz CT molecular complexity index is 510.